The second kappa shape index (κ2) is 10.2. The van der Waals surface area contributed by atoms with Crippen LogP contribution in [-0.2, 0) is 13.0 Å². The van der Waals surface area contributed by atoms with E-state index in [2.05, 4.69) is 17.4 Å². The van der Waals surface area contributed by atoms with Gasteiger partial charge in [0, 0.05) is 24.7 Å². The van der Waals surface area contributed by atoms with Gasteiger partial charge in [0.2, 0.25) is 0 Å². The summed E-state index contributed by atoms with van der Waals surface area (Å²) in [5, 5.41) is 14.0. The highest BCUT2D eigenvalue weighted by molar-refractivity contribution is 5.91. The second-order valence-electron chi connectivity index (χ2n) is 8.15. The number of carbonyl (C=O) groups excluding carboxylic acids is 1. The first-order valence-corrected chi connectivity index (χ1v) is 11.1. The molecule has 1 atom stereocenters. The number of carbonyl (C=O) groups is 1. The average Bonchev–Trinajstić information content (AvgIpc) is 2.87. The van der Waals surface area contributed by atoms with Gasteiger partial charge in [0.25, 0.3) is 5.69 Å². The summed E-state index contributed by atoms with van der Waals surface area (Å²) < 4.78 is 10.7. The Morgan fingerprint density at radius 2 is 1.85 bits per heavy atom. The lowest BCUT2D eigenvalue weighted by Crippen LogP contribution is -2.39. The zero-order chi connectivity index (χ0) is 24.1. The summed E-state index contributed by atoms with van der Waals surface area (Å²) in [4.78, 5) is 26.1. The van der Waals surface area contributed by atoms with E-state index in [0.29, 0.717) is 23.7 Å². The molecule has 1 N–H and O–H groups in total. The molecule has 0 radical (unpaired) electrons. The number of fused-ring (bicyclic) bond motifs is 1. The predicted molar refractivity (Wildman–Crippen MR) is 129 cm³/mol. The highest BCUT2D eigenvalue weighted by Gasteiger charge is 2.30. The van der Waals surface area contributed by atoms with Crippen LogP contribution >= 0.6 is 0 Å². The number of nitrogens with one attached hydrogen (secondary N) is 1. The first kappa shape index (κ1) is 23.1. The van der Waals surface area contributed by atoms with E-state index in [0.717, 1.165) is 30.4 Å². The molecule has 34 heavy (non-hydrogen) atoms. The molecule has 0 saturated heterocycles. The summed E-state index contributed by atoms with van der Waals surface area (Å²) in [7, 11) is 3.11. The third-order valence-corrected chi connectivity index (χ3v) is 6.13. The molecule has 0 bridgehead atoms. The van der Waals surface area contributed by atoms with Crippen LogP contribution < -0.4 is 14.8 Å². The fourth-order valence-corrected chi connectivity index (χ4v) is 4.38. The Balaban J connectivity index is 1.66. The van der Waals surface area contributed by atoms with Crippen molar-refractivity contribution in [2.24, 2.45) is 0 Å². The van der Waals surface area contributed by atoms with Gasteiger partial charge in [0.05, 0.1) is 30.9 Å². The molecule has 2 amide bonds. The van der Waals surface area contributed by atoms with Crippen LogP contribution in [0.25, 0.3) is 0 Å². The summed E-state index contributed by atoms with van der Waals surface area (Å²) in [6.07, 6.45) is 2.78. The highest BCUT2D eigenvalue weighted by Crippen LogP contribution is 2.36. The Morgan fingerprint density at radius 1 is 1.09 bits per heavy atom. The minimum absolute atomic E-state index is 0.0192. The minimum atomic E-state index is -0.429. The summed E-state index contributed by atoms with van der Waals surface area (Å²) in [5.41, 5.74) is 3.73. The van der Waals surface area contributed by atoms with Gasteiger partial charge in [0.15, 0.2) is 0 Å². The molecule has 0 aromatic heterocycles. The van der Waals surface area contributed by atoms with Crippen LogP contribution in [0, 0.1) is 10.1 Å². The van der Waals surface area contributed by atoms with E-state index < -0.39 is 4.92 Å². The van der Waals surface area contributed by atoms with Crippen LogP contribution in [0.15, 0.2) is 66.7 Å². The third-order valence-electron chi connectivity index (χ3n) is 6.13. The van der Waals surface area contributed by atoms with E-state index in [1.54, 1.807) is 42.3 Å². The van der Waals surface area contributed by atoms with Crippen molar-refractivity contribution in [3.05, 3.63) is 93.5 Å². The van der Waals surface area contributed by atoms with E-state index in [9.17, 15) is 14.9 Å². The number of rotatable bonds is 7. The monoisotopic (exact) mass is 461 g/mol. The number of ether oxygens (including phenoxy) is 2. The highest BCUT2D eigenvalue weighted by atomic mass is 16.6. The first-order valence-electron chi connectivity index (χ1n) is 11.1. The van der Waals surface area contributed by atoms with Gasteiger partial charge >= 0.3 is 6.03 Å². The molecule has 0 aliphatic heterocycles. The van der Waals surface area contributed by atoms with Gasteiger partial charge in [-0.05, 0) is 48.1 Å². The van der Waals surface area contributed by atoms with Gasteiger partial charge in [-0.3, -0.25) is 10.1 Å². The standard InChI is InChI=1S/C26H27N3O5/c1-33-21-14-15-23(25(16-21)34-2)27-26(30)28(17-18-10-12-20(13-11-18)29(31)32)24-9-5-7-19-6-3-4-8-22(19)24/h3-4,6,8,10-16,24H,5,7,9,17H2,1-2H3,(H,27,30). The maximum Gasteiger partial charge on any atom is 0.322 e. The van der Waals surface area contributed by atoms with Crippen LogP contribution in [0.2, 0.25) is 0 Å². The average molecular weight is 462 g/mol. The number of non-ortho nitro benzene ring substituents is 1. The van der Waals surface area contributed by atoms with Gasteiger partial charge in [-0.15, -0.1) is 0 Å². The number of anilines is 1. The first-order chi connectivity index (χ1) is 16.5. The maximum absolute atomic E-state index is 13.6. The molecule has 176 valence electrons. The van der Waals surface area contributed by atoms with Gasteiger partial charge in [0.1, 0.15) is 11.5 Å². The van der Waals surface area contributed by atoms with Crippen LogP contribution in [0.4, 0.5) is 16.2 Å². The molecule has 3 aromatic carbocycles. The molecule has 4 rings (SSSR count). The van der Waals surface area contributed by atoms with E-state index in [-0.39, 0.29) is 17.8 Å². The van der Waals surface area contributed by atoms with Gasteiger partial charge in [-0.2, -0.15) is 0 Å². The lowest BCUT2D eigenvalue weighted by molar-refractivity contribution is -0.384. The molecular weight excluding hydrogens is 434 g/mol. The minimum Gasteiger partial charge on any atom is -0.497 e. The largest absolute Gasteiger partial charge is 0.497 e. The number of urea groups is 1. The Morgan fingerprint density at radius 3 is 2.56 bits per heavy atom. The number of hydrogen-bond acceptors (Lipinski definition) is 5. The number of methoxy groups -OCH3 is 2. The number of aryl methyl sites for hydroxylation is 1. The van der Waals surface area contributed by atoms with Gasteiger partial charge in [-0.25, -0.2) is 4.79 Å². The van der Waals surface area contributed by atoms with Crippen molar-refractivity contribution in [1.82, 2.24) is 4.90 Å². The molecule has 8 nitrogen and oxygen atoms in total. The number of nitrogens with zero attached hydrogens (tertiary/aromatic N) is 2. The van der Waals surface area contributed by atoms with Crippen LogP contribution in [0.3, 0.4) is 0 Å². The summed E-state index contributed by atoms with van der Waals surface area (Å²) in [6, 6.07) is 19.3. The molecule has 8 heteroatoms. The van der Waals surface area contributed by atoms with E-state index in [1.807, 2.05) is 12.1 Å². The molecule has 1 aliphatic carbocycles. The zero-order valence-electron chi connectivity index (χ0n) is 19.2. The summed E-state index contributed by atoms with van der Waals surface area (Å²) >= 11 is 0. The van der Waals surface area contributed by atoms with Gasteiger partial charge < -0.3 is 19.7 Å². The van der Waals surface area contributed by atoms with Crippen molar-refractivity contribution >= 4 is 17.4 Å². The van der Waals surface area contributed by atoms with E-state index >= 15 is 0 Å². The van der Waals surface area contributed by atoms with Crippen molar-refractivity contribution in [1.29, 1.82) is 0 Å². The van der Waals surface area contributed by atoms with Crippen molar-refractivity contribution < 1.29 is 19.2 Å². The lowest BCUT2D eigenvalue weighted by atomic mass is 9.86. The fraction of sp³-hybridized carbons (Fsp3) is 0.269. The van der Waals surface area contributed by atoms with Crippen molar-refractivity contribution in [3.8, 4) is 11.5 Å². The molecule has 1 unspecified atom stereocenters. The normalized spacial score (nSPS) is 14.6. The molecule has 0 heterocycles. The number of benzene rings is 3. The third kappa shape index (κ3) is 4.96. The SMILES string of the molecule is COc1ccc(NC(=O)N(Cc2ccc([N+](=O)[O-])cc2)C2CCCc3ccccc32)c(OC)c1. The Bertz CT molecular complexity index is 1180. The van der Waals surface area contributed by atoms with Crippen molar-refractivity contribution in [3.63, 3.8) is 0 Å². The molecular formula is C26H27N3O5. The van der Waals surface area contributed by atoms with E-state index in [4.69, 9.17) is 9.47 Å². The van der Waals surface area contributed by atoms with Crippen LogP contribution in [0.1, 0.15) is 35.6 Å². The van der Waals surface area contributed by atoms with Crippen LogP contribution in [-0.4, -0.2) is 30.1 Å². The maximum atomic E-state index is 13.6. The lowest BCUT2D eigenvalue weighted by Gasteiger charge is -2.36. The molecule has 0 spiro atoms. The number of nitro benzene ring substituents is 1. The van der Waals surface area contributed by atoms with Crippen LogP contribution in [0.5, 0.6) is 11.5 Å². The number of hydrogen-bond donors (Lipinski definition) is 1. The molecule has 0 fully saturated rings. The van der Waals surface area contributed by atoms with Crippen molar-refractivity contribution in [2.45, 2.75) is 31.8 Å². The van der Waals surface area contributed by atoms with E-state index in [1.165, 1.54) is 24.8 Å². The Hall–Kier alpha value is -4.07. The van der Waals surface area contributed by atoms with Gasteiger partial charge in [-0.1, -0.05) is 36.4 Å². The fourth-order valence-electron chi connectivity index (χ4n) is 4.38. The molecule has 3 aromatic rings. The molecule has 1 aliphatic rings. The molecule has 0 saturated carbocycles. The smallest absolute Gasteiger partial charge is 0.322 e. The topological polar surface area (TPSA) is 93.9 Å². The Kier molecular flexibility index (Phi) is 6.96. The second-order valence-corrected chi connectivity index (χ2v) is 8.15. The Labute approximate surface area is 198 Å². The quantitative estimate of drug-likeness (QED) is 0.359. The summed E-state index contributed by atoms with van der Waals surface area (Å²) in [6.45, 7) is 0.307. The summed E-state index contributed by atoms with van der Waals surface area (Å²) in [5.74, 6) is 1.12. The predicted octanol–water partition coefficient (Wildman–Crippen LogP) is 5.72. The number of amides is 2. The zero-order valence-corrected chi connectivity index (χ0v) is 19.2. The van der Waals surface area contributed by atoms with Crippen molar-refractivity contribution in [2.75, 3.05) is 19.5 Å². The number of nitro groups is 1.